The zero-order valence-corrected chi connectivity index (χ0v) is 9.79. The van der Waals surface area contributed by atoms with E-state index in [9.17, 15) is 22.8 Å². The van der Waals surface area contributed by atoms with Gasteiger partial charge in [-0.2, -0.15) is 13.2 Å². The molecule has 104 valence electrons. The van der Waals surface area contributed by atoms with Gasteiger partial charge in [0.1, 0.15) is 0 Å². The van der Waals surface area contributed by atoms with Crippen molar-refractivity contribution in [2.24, 2.45) is 11.8 Å². The fourth-order valence-corrected chi connectivity index (χ4v) is 2.09. The normalized spacial score (nSPS) is 23.9. The van der Waals surface area contributed by atoms with Gasteiger partial charge in [-0.25, -0.2) is 0 Å². The van der Waals surface area contributed by atoms with E-state index in [1.165, 1.54) is 0 Å². The van der Waals surface area contributed by atoms with Crippen LogP contribution in [0.2, 0.25) is 0 Å². The molecule has 1 fully saturated rings. The van der Waals surface area contributed by atoms with Gasteiger partial charge in [0.2, 0.25) is 5.91 Å². The summed E-state index contributed by atoms with van der Waals surface area (Å²) in [7, 11) is 0. The van der Waals surface area contributed by atoms with E-state index in [2.05, 4.69) is 5.32 Å². The summed E-state index contributed by atoms with van der Waals surface area (Å²) in [5.41, 5.74) is 0. The second kappa shape index (κ2) is 6.06. The molecule has 1 aliphatic carbocycles. The number of carboxylic acid groups (broad SMARTS) is 1. The van der Waals surface area contributed by atoms with Gasteiger partial charge in [0.25, 0.3) is 0 Å². The van der Waals surface area contributed by atoms with Gasteiger partial charge >= 0.3 is 12.1 Å². The number of carbonyl (C=O) groups excluding carboxylic acids is 1. The van der Waals surface area contributed by atoms with Gasteiger partial charge in [-0.05, 0) is 25.7 Å². The van der Waals surface area contributed by atoms with Crippen molar-refractivity contribution >= 4 is 11.9 Å². The molecule has 0 spiro atoms. The first-order valence-electron chi connectivity index (χ1n) is 5.87. The zero-order chi connectivity index (χ0) is 13.8. The Balaban J connectivity index is 2.20. The average molecular weight is 267 g/mol. The van der Waals surface area contributed by atoms with Gasteiger partial charge in [0.15, 0.2) is 0 Å². The van der Waals surface area contributed by atoms with Crippen molar-refractivity contribution in [3.63, 3.8) is 0 Å². The quantitative estimate of drug-likeness (QED) is 0.748. The Kier molecular flexibility index (Phi) is 4.98. The second-order valence-corrected chi connectivity index (χ2v) is 4.55. The Bertz CT molecular complexity index is 317. The number of aliphatic carboxylic acids is 1. The van der Waals surface area contributed by atoms with Crippen molar-refractivity contribution in [1.82, 2.24) is 5.32 Å². The van der Waals surface area contributed by atoms with E-state index in [1.54, 1.807) is 0 Å². The van der Waals surface area contributed by atoms with Crippen molar-refractivity contribution in [2.45, 2.75) is 38.3 Å². The first-order valence-corrected chi connectivity index (χ1v) is 5.87. The molecule has 0 aromatic heterocycles. The molecule has 0 unspecified atom stereocenters. The first-order chi connectivity index (χ1) is 8.29. The molecule has 1 aliphatic rings. The molecule has 18 heavy (non-hydrogen) atoms. The lowest BCUT2D eigenvalue weighted by Crippen LogP contribution is -2.31. The number of amides is 1. The zero-order valence-electron chi connectivity index (χ0n) is 9.79. The monoisotopic (exact) mass is 267 g/mol. The number of rotatable bonds is 5. The number of carboxylic acids is 1. The SMILES string of the molecule is O=C(O)[C@@H]1CC[C@H](C(=O)NCCCC(F)(F)F)C1. The topological polar surface area (TPSA) is 66.4 Å². The van der Waals surface area contributed by atoms with E-state index in [1.807, 2.05) is 0 Å². The Morgan fingerprint density at radius 1 is 1.22 bits per heavy atom. The molecule has 2 atom stereocenters. The van der Waals surface area contributed by atoms with Crippen LogP contribution in [-0.2, 0) is 9.59 Å². The molecule has 0 radical (unpaired) electrons. The molecule has 7 heteroatoms. The molecule has 1 saturated carbocycles. The summed E-state index contributed by atoms with van der Waals surface area (Å²) in [5, 5.41) is 11.2. The number of carbonyl (C=O) groups is 2. The molecular weight excluding hydrogens is 251 g/mol. The summed E-state index contributed by atoms with van der Waals surface area (Å²) in [6, 6.07) is 0. The molecule has 0 aromatic carbocycles. The first kappa shape index (κ1) is 14.8. The fourth-order valence-electron chi connectivity index (χ4n) is 2.09. The van der Waals surface area contributed by atoms with E-state index < -0.39 is 24.5 Å². The minimum Gasteiger partial charge on any atom is -0.481 e. The lowest BCUT2D eigenvalue weighted by molar-refractivity contribution is -0.141. The lowest BCUT2D eigenvalue weighted by atomic mass is 10.0. The molecular formula is C11H16F3NO3. The van der Waals surface area contributed by atoms with Gasteiger partial charge in [0, 0.05) is 18.9 Å². The van der Waals surface area contributed by atoms with E-state index >= 15 is 0 Å². The third-order valence-corrected chi connectivity index (χ3v) is 3.09. The van der Waals surface area contributed by atoms with Crippen molar-refractivity contribution in [3.05, 3.63) is 0 Å². The lowest BCUT2D eigenvalue weighted by Gasteiger charge is -2.11. The molecule has 0 aliphatic heterocycles. The number of alkyl halides is 3. The Hall–Kier alpha value is -1.27. The highest BCUT2D eigenvalue weighted by atomic mass is 19.4. The van der Waals surface area contributed by atoms with Crippen molar-refractivity contribution in [2.75, 3.05) is 6.54 Å². The second-order valence-electron chi connectivity index (χ2n) is 4.55. The number of nitrogens with one attached hydrogen (secondary N) is 1. The largest absolute Gasteiger partial charge is 0.481 e. The minimum absolute atomic E-state index is 0.0212. The van der Waals surface area contributed by atoms with Crippen LogP contribution in [0.3, 0.4) is 0 Å². The summed E-state index contributed by atoms with van der Waals surface area (Å²) in [6.07, 6.45) is -4.05. The highest BCUT2D eigenvalue weighted by molar-refractivity contribution is 5.80. The number of hydrogen-bond acceptors (Lipinski definition) is 2. The van der Waals surface area contributed by atoms with E-state index in [-0.39, 0.29) is 31.2 Å². The predicted octanol–water partition coefficient (Wildman–Crippen LogP) is 1.95. The summed E-state index contributed by atoms with van der Waals surface area (Å²) in [5.74, 6) is -2.13. The van der Waals surface area contributed by atoms with Crippen LogP contribution >= 0.6 is 0 Å². The molecule has 0 aromatic rings. The van der Waals surface area contributed by atoms with Crippen LogP contribution in [0.25, 0.3) is 0 Å². The Morgan fingerprint density at radius 2 is 1.83 bits per heavy atom. The molecule has 0 bridgehead atoms. The number of hydrogen-bond donors (Lipinski definition) is 2. The van der Waals surface area contributed by atoms with Gasteiger partial charge in [-0.3, -0.25) is 9.59 Å². The average Bonchev–Trinajstić information content (AvgIpc) is 2.72. The van der Waals surface area contributed by atoms with E-state index in [0.29, 0.717) is 12.8 Å². The Morgan fingerprint density at radius 3 is 2.33 bits per heavy atom. The van der Waals surface area contributed by atoms with Crippen LogP contribution in [0.15, 0.2) is 0 Å². The van der Waals surface area contributed by atoms with Crippen LogP contribution < -0.4 is 5.32 Å². The molecule has 1 amide bonds. The summed E-state index contributed by atoms with van der Waals surface area (Å²) in [4.78, 5) is 22.2. The van der Waals surface area contributed by atoms with Crippen molar-refractivity contribution in [1.29, 1.82) is 0 Å². The third-order valence-electron chi connectivity index (χ3n) is 3.09. The van der Waals surface area contributed by atoms with E-state index in [4.69, 9.17) is 5.11 Å². The smallest absolute Gasteiger partial charge is 0.389 e. The van der Waals surface area contributed by atoms with Crippen LogP contribution in [0.1, 0.15) is 32.1 Å². The summed E-state index contributed by atoms with van der Waals surface area (Å²) in [6.45, 7) is -0.0212. The molecule has 1 rings (SSSR count). The standard InChI is InChI=1S/C11H16F3NO3/c12-11(13,14)4-1-5-15-9(16)7-2-3-8(6-7)10(17)18/h7-8H,1-6H2,(H,15,16)(H,17,18)/t7-,8+/m0/s1. The van der Waals surface area contributed by atoms with Gasteiger partial charge in [0.05, 0.1) is 5.92 Å². The van der Waals surface area contributed by atoms with Crippen molar-refractivity contribution < 1.29 is 27.9 Å². The maximum Gasteiger partial charge on any atom is 0.389 e. The molecule has 0 saturated heterocycles. The predicted molar refractivity (Wildman–Crippen MR) is 56.8 cm³/mol. The highest BCUT2D eigenvalue weighted by Crippen LogP contribution is 2.31. The Labute approximate surface area is 103 Å². The van der Waals surface area contributed by atoms with E-state index in [0.717, 1.165) is 0 Å². The van der Waals surface area contributed by atoms with Gasteiger partial charge in [-0.15, -0.1) is 0 Å². The van der Waals surface area contributed by atoms with Crippen LogP contribution in [0, 0.1) is 11.8 Å². The molecule has 2 N–H and O–H groups in total. The summed E-state index contributed by atoms with van der Waals surface area (Å²) >= 11 is 0. The van der Waals surface area contributed by atoms with Crippen LogP contribution in [-0.4, -0.2) is 29.7 Å². The highest BCUT2D eigenvalue weighted by Gasteiger charge is 2.33. The van der Waals surface area contributed by atoms with Gasteiger partial charge in [-0.1, -0.05) is 0 Å². The fraction of sp³-hybridized carbons (Fsp3) is 0.818. The van der Waals surface area contributed by atoms with Crippen molar-refractivity contribution in [3.8, 4) is 0 Å². The van der Waals surface area contributed by atoms with Gasteiger partial charge < -0.3 is 10.4 Å². The molecule has 4 nitrogen and oxygen atoms in total. The maximum absolute atomic E-state index is 11.8. The maximum atomic E-state index is 11.8. The summed E-state index contributed by atoms with van der Waals surface area (Å²) < 4.78 is 35.5. The molecule has 0 heterocycles. The number of halogens is 3. The third kappa shape index (κ3) is 4.93. The van der Waals surface area contributed by atoms with Crippen LogP contribution in [0.4, 0.5) is 13.2 Å². The minimum atomic E-state index is -4.20. The van der Waals surface area contributed by atoms with Crippen LogP contribution in [0.5, 0.6) is 0 Å².